The molecule has 0 saturated heterocycles. The minimum Gasteiger partial charge on any atom is -0.505 e. The predicted molar refractivity (Wildman–Crippen MR) is 235 cm³/mol. The molecule has 0 bridgehead atoms. The molecular formula is C50H46N4O2. The molecule has 0 aliphatic heterocycles. The SMILES string of the molecule is Cc1cc(-c2cc(C)cc(-n3c4ccccc4c4ccccc43)c2O)c(N(C)CCN(C)C)c(-c2cc(C)cc(-n3c4ccccc4c4ccccc43)c2O)c1. The molecule has 0 amide bonds. The molecule has 7 aromatic carbocycles. The summed E-state index contributed by atoms with van der Waals surface area (Å²) < 4.78 is 4.38. The van der Waals surface area contributed by atoms with Crippen molar-refractivity contribution >= 4 is 49.3 Å². The van der Waals surface area contributed by atoms with Crippen molar-refractivity contribution in [3.63, 3.8) is 0 Å². The number of nitrogens with zero attached hydrogens (tertiary/aromatic N) is 4. The number of aryl methyl sites for hydroxylation is 3. The number of aromatic hydroxyl groups is 2. The van der Waals surface area contributed by atoms with E-state index in [1.807, 2.05) is 0 Å². The third-order valence-corrected chi connectivity index (χ3v) is 11.2. The first-order chi connectivity index (χ1) is 27.1. The van der Waals surface area contributed by atoms with E-state index in [2.05, 4.69) is 194 Å². The number of benzene rings is 7. The summed E-state index contributed by atoms with van der Waals surface area (Å²) in [6.45, 7) is 7.84. The van der Waals surface area contributed by atoms with Crippen molar-refractivity contribution < 1.29 is 10.2 Å². The van der Waals surface area contributed by atoms with Gasteiger partial charge in [0.25, 0.3) is 0 Å². The number of likely N-dealkylation sites (N-methyl/N-ethyl adjacent to an activating group) is 2. The number of aromatic nitrogens is 2. The molecule has 6 nitrogen and oxygen atoms in total. The van der Waals surface area contributed by atoms with Gasteiger partial charge >= 0.3 is 0 Å². The first-order valence-electron chi connectivity index (χ1n) is 19.3. The summed E-state index contributed by atoms with van der Waals surface area (Å²) in [7, 11) is 6.28. The van der Waals surface area contributed by atoms with Gasteiger partial charge in [-0.05, 0) is 112 Å². The summed E-state index contributed by atoms with van der Waals surface area (Å²) >= 11 is 0. The van der Waals surface area contributed by atoms with Crippen molar-refractivity contribution in [2.45, 2.75) is 20.8 Å². The van der Waals surface area contributed by atoms with Crippen molar-refractivity contribution in [3.05, 3.63) is 150 Å². The summed E-state index contributed by atoms with van der Waals surface area (Å²) in [5.41, 5.74) is 13.0. The molecule has 2 N–H and O–H groups in total. The van der Waals surface area contributed by atoms with Gasteiger partial charge in [0, 0.05) is 63.9 Å². The van der Waals surface area contributed by atoms with E-state index < -0.39 is 0 Å². The standard InChI is InChI=1S/C50H46N4O2/c1-31-25-38(40-27-32(2)29-46(49(40)55)53-42-19-11-7-15-34(42)35-16-8-12-20-43(35)53)48(52(6)24-23-51(4)5)39(26-31)41-28-33(3)30-47(50(41)56)54-44-21-13-9-17-36(44)37-18-10-14-22-45(37)54/h7-22,25-30,55-56H,23-24H2,1-6H3. The third-order valence-electron chi connectivity index (χ3n) is 11.2. The molecule has 0 unspecified atom stereocenters. The monoisotopic (exact) mass is 734 g/mol. The van der Waals surface area contributed by atoms with Crippen molar-refractivity contribution in [1.82, 2.24) is 14.0 Å². The third kappa shape index (κ3) is 5.68. The second-order valence-corrected chi connectivity index (χ2v) is 15.5. The first kappa shape index (κ1) is 35.2. The van der Waals surface area contributed by atoms with Crippen molar-refractivity contribution in [3.8, 4) is 45.1 Å². The van der Waals surface area contributed by atoms with Crippen LogP contribution in [0.3, 0.4) is 0 Å². The number of hydrogen-bond donors (Lipinski definition) is 2. The van der Waals surface area contributed by atoms with Crippen LogP contribution in [0.1, 0.15) is 16.7 Å². The second-order valence-electron chi connectivity index (χ2n) is 15.5. The van der Waals surface area contributed by atoms with Crippen LogP contribution in [0, 0.1) is 20.8 Å². The van der Waals surface area contributed by atoms with Crippen LogP contribution in [0.2, 0.25) is 0 Å². The molecular weight excluding hydrogens is 689 g/mol. The molecule has 278 valence electrons. The van der Waals surface area contributed by atoms with Crippen molar-refractivity contribution in [2.24, 2.45) is 0 Å². The predicted octanol–water partition coefficient (Wildman–Crippen LogP) is 11.5. The van der Waals surface area contributed by atoms with Gasteiger partial charge in [-0.3, -0.25) is 0 Å². The van der Waals surface area contributed by atoms with E-state index in [0.717, 1.165) is 113 Å². The maximum Gasteiger partial charge on any atom is 0.147 e. The summed E-state index contributed by atoms with van der Waals surface area (Å²) in [4.78, 5) is 4.45. The van der Waals surface area contributed by atoms with Gasteiger partial charge in [0.1, 0.15) is 11.5 Å². The highest BCUT2D eigenvalue weighted by molar-refractivity contribution is 6.11. The number of para-hydroxylation sites is 4. The van der Waals surface area contributed by atoms with E-state index in [1.165, 1.54) is 0 Å². The lowest BCUT2D eigenvalue weighted by Gasteiger charge is -2.29. The fourth-order valence-corrected chi connectivity index (χ4v) is 8.70. The van der Waals surface area contributed by atoms with E-state index in [1.54, 1.807) is 0 Å². The van der Waals surface area contributed by atoms with Crippen LogP contribution >= 0.6 is 0 Å². The van der Waals surface area contributed by atoms with Crippen LogP contribution in [0.5, 0.6) is 11.5 Å². The maximum atomic E-state index is 12.6. The average molecular weight is 735 g/mol. The van der Waals surface area contributed by atoms with E-state index in [0.29, 0.717) is 0 Å². The summed E-state index contributed by atoms with van der Waals surface area (Å²) in [5.74, 6) is 0.417. The number of rotatable bonds is 8. The second kappa shape index (κ2) is 13.7. The van der Waals surface area contributed by atoms with Gasteiger partial charge in [0.15, 0.2) is 0 Å². The fraction of sp³-hybridized carbons (Fsp3) is 0.160. The summed E-state index contributed by atoms with van der Waals surface area (Å²) in [6, 6.07) is 46.3. The Balaban J connectivity index is 1.32. The van der Waals surface area contributed by atoms with Gasteiger partial charge in [-0.1, -0.05) is 72.8 Å². The minimum atomic E-state index is 0.209. The molecule has 0 spiro atoms. The number of fused-ring (bicyclic) bond motifs is 6. The summed E-state index contributed by atoms with van der Waals surface area (Å²) in [5, 5.41) is 29.8. The first-order valence-corrected chi connectivity index (χ1v) is 19.3. The molecule has 56 heavy (non-hydrogen) atoms. The Morgan fingerprint density at radius 1 is 0.429 bits per heavy atom. The zero-order chi connectivity index (χ0) is 38.8. The Kier molecular flexibility index (Phi) is 8.59. The zero-order valence-corrected chi connectivity index (χ0v) is 32.8. The number of phenolic OH excluding ortho intramolecular Hbond substituents is 2. The van der Waals surface area contributed by atoms with Gasteiger partial charge < -0.3 is 29.1 Å². The van der Waals surface area contributed by atoms with Crippen molar-refractivity contribution in [2.75, 3.05) is 39.1 Å². The molecule has 9 rings (SSSR count). The number of anilines is 1. The van der Waals surface area contributed by atoms with Gasteiger partial charge in [-0.2, -0.15) is 0 Å². The Morgan fingerprint density at radius 2 is 0.750 bits per heavy atom. The quantitative estimate of drug-likeness (QED) is 0.163. The lowest BCUT2D eigenvalue weighted by atomic mass is 9.90. The molecule has 2 heterocycles. The van der Waals surface area contributed by atoms with Gasteiger partial charge in [0.2, 0.25) is 0 Å². The van der Waals surface area contributed by atoms with E-state index in [-0.39, 0.29) is 11.5 Å². The highest BCUT2D eigenvalue weighted by Gasteiger charge is 2.26. The molecule has 6 heteroatoms. The Hall–Kier alpha value is -6.50. The zero-order valence-electron chi connectivity index (χ0n) is 32.8. The number of phenols is 2. The highest BCUT2D eigenvalue weighted by Crippen LogP contribution is 2.49. The van der Waals surface area contributed by atoms with E-state index in [4.69, 9.17) is 0 Å². The van der Waals surface area contributed by atoms with E-state index in [9.17, 15) is 10.2 Å². The molecule has 0 fully saturated rings. The molecule has 0 aliphatic rings. The van der Waals surface area contributed by atoms with Crippen LogP contribution in [-0.2, 0) is 0 Å². The maximum absolute atomic E-state index is 12.6. The Morgan fingerprint density at radius 3 is 1.11 bits per heavy atom. The number of hydrogen-bond acceptors (Lipinski definition) is 4. The largest absolute Gasteiger partial charge is 0.505 e. The average Bonchev–Trinajstić information content (AvgIpc) is 3.71. The van der Waals surface area contributed by atoms with Gasteiger partial charge in [-0.25, -0.2) is 0 Å². The molecule has 0 saturated carbocycles. The van der Waals surface area contributed by atoms with Gasteiger partial charge in [0.05, 0.1) is 39.1 Å². The van der Waals surface area contributed by atoms with Crippen LogP contribution in [0.4, 0.5) is 5.69 Å². The topological polar surface area (TPSA) is 56.8 Å². The molecule has 0 atom stereocenters. The van der Waals surface area contributed by atoms with Crippen LogP contribution in [-0.4, -0.2) is 58.5 Å². The lowest BCUT2D eigenvalue weighted by Crippen LogP contribution is -2.29. The van der Waals surface area contributed by atoms with E-state index >= 15 is 0 Å². The normalized spacial score (nSPS) is 11.8. The Bertz CT molecular complexity index is 2690. The van der Waals surface area contributed by atoms with Crippen LogP contribution < -0.4 is 4.90 Å². The van der Waals surface area contributed by atoms with Crippen LogP contribution in [0.25, 0.3) is 77.2 Å². The minimum absolute atomic E-state index is 0.209. The lowest BCUT2D eigenvalue weighted by molar-refractivity contribution is 0.416. The molecule has 9 aromatic rings. The molecule has 2 aromatic heterocycles. The fourth-order valence-electron chi connectivity index (χ4n) is 8.70. The molecule has 0 aliphatic carbocycles. The van der Waals surface area contributed by atoms with Crippen LogP contribution in [0.15, 0.2) is 133 Å². The molecule has 0 radical (unpaired) electrons. The van der Waals surface area contributed by atoms with Crippen molar-refractivity contribution in [1.29, 1.82) is 0 Å². The Labute approximate surface area is 327 Å². The van der Waals surface area contributed by atoms with Gasteiger partial charge in [-0.15, -0.1) is 0 Å². The smallest absolute Gasteiger partial charge is 0.147 e. The highest BCUT2D eigenvalue weighted by atomic mass is 16.3. The summed E-state index contributed by atoms with van der Waals surface area (Å²) in [6.07, 6.45) is 0.